The van der Waals surface area contributed by atoms with Gasteiger partial charge in [0, 0.05) is 17.5 Å². The predicted octanol–water partition coefficient (Wildman–Crippen LogP) is 3.71. The summed E-state index contributed by atoms with van der Waals surface area (Å²) in [5.41, 5.74) is 0.831. The molecule has 0 radical (unpaired) electrons. The molecule has 3 aromatic rings. The Morgan fingerprint density at radius 1 is 1.08 bits per heavy atom. The zero-order chi connectivity index (χ0) is 19.1. The Labute approximate surface area is 148 Å². The molecule has 1 heterocycles. The largest absolute Gasteiger partial charge is 0.423 e. The molecule has 1 aromatic heterocycles. The molecule has 0 unspecified atom stereocenters. The van der Waals surface area contributed by atoms with Crippen LogP contribution in [0.4, 0.5) is 8.78 Å². The van der Waals surface area contributed by atoms with Gasteiger partial charge < -0.3 is 8.60 Å². The van der Waals surface area contributed by atoms with E-state index < -0.39 is 32.3 Å². The van der Waals surface area contributed by atoms with E-state index >= 15 is 0 Å². The summed E-state index contributed by atoms with van der Waals surface area (Å²) in [5, 5.41) is 0.652. The third-order valence-electron chi connectivity index (χ3n) is 3.89. The molecule has 0 N–H and O–H groups in total. The standard InChI is InChI=1S/C18H14F2O5S/c1-3-11-7-13-10(2)6-18(21)24-17(13)9-16(11)25-26(22,23)12-4-5-14(19)15(20)8-12/h4-9H,3H2,1-2H3. The molecule has 26 heavy (non-hydrogen) atoms. The molecule has 0 aliphatic heterocycles. The van der Waals surface area contributed by atoms with E-state index in [1.807, 2.05) is 0 Å². The van der Waals surface area contributed by atoms with Crippen LogP contribution < -0.4 is 9.81 Å². The molecule has 5 nitrogen and oxygen atoms in total. The maximum absolute atomic E-state index is 13.3. The fourth-order valence-corrected chi connectivity index (χ4v) is 3.51. The van der Waals surface area contributed by atoms with E-state index in [1.165, 1.54) is 12.1 Å². The van der Waals surface area contributed by atoms with Gasteiger partial charge in [-0.15, -0.1) is 0 Å². The molecule has 0 saturated heterocycles. The molecule has 0 bridgehead atoms. The molecule has 3 rings (SSSR count). The lowest BCUT2D eigenvalue weighted by Gasteiger charge is -2.12. The van der Waals surface area contributed by atoms with Gasteiger partial charge in [-0.3, -0.25) is 0 Å². The number of hydrogen-bond donors (Lipinski definition) is 0. The summed E-state index contributed by atoms with van der Waals surface area (Å²) in [4.78, 5) is 11.0. The van der Waals surface area contributed by atoms with Crippen molar-refractivity contribution in [3.05, 3.63) is 69.6 Å². The molecule has 0 amide bonds. The highest BCUT2D eigenvalue weighted by Gasteiger charge is 2.21. The highest BCUT2D eigenvalue weighted by atomic mass is 32.2. The first-order chi connectivity index (χ1) is 12.2. The van der Waals surface area contributed by atoms with Gasteiger partial charge in [0.2, 0.25) is 0 Å². The predicted molar refractivity (Wildman–Crippen MR) is 90.8 cm³/mol. The van der Waals surface area contributed by atoms with Gasteiger partial charge in [0.05, 0.1) is 0 Å². The maximum Gasteiger partial charge on any atom is 0.339 e. The molecular weight excluding hydrogens is 366 g/mol. The molecule has 0 atom stereocenters. The minimum Gasteiger partial charge on any atom is -0.423 e. The maximum atomic E-state index is 13.3. The van der Waals surface area contributed by atoms with Crippen LogP contribution in [-0.4, -0.2) is 8.42 Å². The fourth-order valence-electron chi connectivity index (χ4n) is 2.54. The molecular formula is C18H14F2O5S. The van der Waals surface area contributed by atoms with E-state index in [-0.39, 0.29) is 11.3 Å². The fraction of sp³-hybridized carbons (Fsp3) is 0.167. The third-order valence-corrected chi connectivity index (χ3v) is 5.12. The Kier molecular flexibility index (Phi) is 4.53. The van der Waals surface area contributed by atoms with E-state index in [4.69, 9.17) is 8.60 Å². The summed E-state index contributed by atoms with van der Waals surface area (Å²) in [6.45, 7) is 3.53. The Morgan fingerprint density at radius 2 is 1.81 bits per heavy atom. The normalized spacial score (nSPS) is 11.7. The number of fused-ring (bicyclic) bond motifs is 1. The first-order valence-electron chi connectivity index (χ1n) is 7.68. The third kappa shape index (κ3) is 3.32. The van der Waals surface area contributed by atoms with Gasteiger partial charge in [-0.25, -0.2) is 13.6 Å². The van der Waals surface area contributed by atoms with E-state index in [2.05, 4.69) is 0 Å². The monoisotopic (exact) mass is 380 g/mol. The van der Waals surface area contributed by atoms with Crippen molar-refractivity contribution in [3.63, 3.8) is 0 Å². The van der Waals surface area contributed by atoms with Crippen LogP contribution in [0.1, 0.15) is 18.1 Å². The summed E-state index contributed by atoms with van der Waals surface area (Å²) in [5.74, 6) is -2.51. The first-order valence-corrected chi connectivity index (χ1v) is 9.09. The van der Waals surface area contributed by atoms with Gasteiger partial charge in [0.1, 0.15) is 16.2 Å². The highest BCUT2D eigenvalue weighted by molar-refractivity contribution is 7.87. The minimum atomic E-state index is -4.40. The topological polar surface area (TPSA) is 73.6 Å². The van der Waals surface area contributed by atoms with E-state index in [1.54, 1.807) is 19.9 Å². The van der Waals surface area contributed by atoms with Crippen LogP contribution >= 0.6 is 0 Å². The van der Waals surface area contributed by atoms with Gasteiger partial charge in [-0.2, -0.15) is 8.42 Å². The van der Waals surface area contributed by atoms with E-state index in [0.717, 1.165) is 6.07 Å². The zero-order valence-corrected chi connectivity index (χ0v) is 14.7. The number of benzene rings is 2. The second kappa shape index (κ2) is 6.53. The van der Waals surface area contributed by atoms with Gasteiger partial charge >= 0.3 is 15.7 Å². The first kappa shape index (κ1) is 18.1. The molecule has 136 valence electrons. The lowest BCUT2D eigenvalue weighted by atomic mass is 10.1. The summed E-state index contributed by atoms with van der Waals surface area (Å²) < 4.78 is 61.4. The lowest BCUT2D eigenvalue weighted by Crippen LogP contribution is -2.12. The Bertz CT molecular complexity index is 1170. The van der Waals surface area contributed by atoms with E-state index in [9.17, 15) is 22.0 Å². The number of rotatable bonds is 4. The molecule has 8 heteroatoms. The smallest absolute Gasteiger partial charge is 0.339 e. The van der Waals surface area contributed by atoms with E-state index in [0.29, 0.717) is 35.1 Å². The quantitative estimate of drug-likeness (QED) is 0.510. The molecule has 0 aliphatic rings. The Morgan fingerprint density at radius 3 is 2.46 bits per heavy atom. The summed E-state index contributed by atoms with van der Waals surface area (Å²) in [6.07, 6.45) is 0.442. The van der Waals surface area contributed by atoms with Gasteiger partial charge in [0.15, 0.2) is 11.6 Å². The van der Waals surface area contributed by atoms with Crippen LogP contribution in [0.25, 0.3) is 11.0 Å². The second-order valence-electron chi connectivity index (χ2n) is 5.67. The minimum absolute atomic E-state index is 0.0431. The average Bonchev–Trinajstić information content (AvgIpc) is 2.56. The SMILES string of the molecule is CCc1cc2c(C)cc(=O)oc2cc1OS(=O)(=O)c1ccc(F)c(F)c1. The van der Waals surface area contributed by atoms with Crippen molar-refractivity contribution < 1.29 is 25.8 Å². The van der Waals surface area contributed by atoms with Crippen molar-refractivity contribution in [2.45, 2.75) is 25.2 Å². The second-order valence-corrected chi connectivity index (χ2v) is 7.22. The molecule has 0 spiro atoms. The summed E-state index contributed by atoms with van der Waals surface area (Å²) in [7, 11) is -4.40. The van der Waals surface area contributed by atoms with Crippen LogP contribution in [0, 0.1) is 18.6 Å². The Hall–Kier alpha value is -2.74. The van der Waals surface area contributed by atoms with Crippen LogP contribution in [-0.2, 0) is 16.5 Å². The lowest BCUT2D eigenvalue weighted by molar-refractivity contribution is 0.476. The zero-order valence-electron chi connectivity index (χ0n) is 13.9. The van der Waals surface area contributed by atoms with Crippen molar-refractivity contribution in [1.82, 2.24) is 0 Å². The molecule has 0 fully saturated rings. The van der Waals surface area contributed by atoms with Crippen LogP contribution in [0.5, 0.6) is 5.75 Å². The molecule has 0 aliphatic carbocycles. The molecule has 2 aromatic carbocycles. The number of halogens is 2. The van der Waals surface area contributed by atoms with Gasteiger partial charge in [-0.05, 0) is 48.7 Å². The number of hydrogen-bond acceptors (Lipinski definition) is 5. The van der Waals surface area contributed by atoms with Gasteiger partial charge in [0.25, 0.3) is 0 Å². The van der Waals surface area contributed by atoms with Crippen molar-refractivity contribution >= 4 is 21.1 Å². The van der Waals surface area contributed by atoms with Crippen LogP contribution in [0.2, 0.25) is 0 Å². The van der Waals surface area contributed by atoms with Crippen molar-refractivity contribution in [2.75, 3.05) is 0 Å². The summed E-state index contributed by atoms with van der Waals surface area (Å²) >= 11 is 0. The average molecular weight is 380 g/mol. The van der Waals surface area contributed by atoms with Crippen LogP contribution in [0.15, 0.2) is 50.5 Å². The van der Waals surface area contributed by atoms with Crippen LogP contribution in [0.3, 0.4) is 0 Å². The van der Waals surface area contributed by atoms with Crippen molar-refractivity contribution in [2.24, 2.45) is 0 Å². The van der Waals surface area contributed by atoms with Crippen molar-refractivity contribution in [1.29, 1.82) is 0 Å². The Balaban J connectivity index is 2.12. The number of aryl methyl sites for hydroxylation is 2. The van der Waals surface area contributed by atoms with Crippen molar-refractivity contribution in [3.8, 4) is 5.75 Å². The van der Waals surface area contributed by atoms with Gasteiger partial charge in [-0.1, -0.05) is 6.92 Å². The highest BCUT2D eigenvalue weighted by Crippen LogP contribution is 2.30. The summed E-state index contributed by atoms with van der Waals surface area (Å²) in [6, 6.07) is 6.46. The molecule has 0 saturated carbocycles.